The molecule has 140 valence electrons. The average molecular weight is 382 g/mol. The molecule has 4 rings (SSSR count). The Balaban J connectivity index is 1.41. The van der Waals surface area contributed by atoms with Crippen molar-refractivity contribution in [1.29, 1.82) is 0 Å². The molecule has 1 aliphatic rings. The molecule has 1 atom stereocenters. The molecule has 1 aromatic heterocycles. The third kappa shape index (κ3) is 4.35. The van der Waals surface area contributed by atoms with Gasteiger partial charge in [0.05, 0.1) is 29.5 Å². The standard InChI is InChI=1S/C21H23N3O2S/c1-14-3-8-18-19(11-14)27-21(23-18)16-4-6-17(7-5-16)22-20(25)13-24-9-10-26-15(2)12-24/h3-8,11,15H,9-10,12-13H2,1-2H3,(H,22,25). The van der Waals surface area contributed by atoms with Crippen LogP contribution in [0.4, 0.5) is 5.69 Å². The van der Waals surface area contributed by atoms with Crippen LogP contribution in [0.15, 0.2) is 42.5 Å². The van der Waals surface area contributed by atoms with E-state index in [4.69, 9.17) is 9.72 Å². The Morgan fingerprint density at radius 1 is 1.30 bits per heavy atom. The number of amides is 1. The van der Waals surface area contributed by atoms with Crippen molar-refractivity contribution in [3.8, 4) is 10.6 Å². The average Bonchev–Trinajstić information content (AvgIpc) is 3.05. The number of aryl methyl sites for hydroxylation is 1. The normalized spacial score (nSPS) is 17.9. The fourth-order valence-corrected chi connectivity index (χ4v) is 4.36. The fourth-order valence-electron chi connectivity index (χ4n) is 3.29. The number of carbonyl (C=O) groups is 1. The first-order chi connectivity index (χ1) is 13.1. The van der Waals surface area contributed by atoms with Crippen LogP contribution in [0, 0.1) is 6.92 Å². The highest BCUT2D eigenvalue weighted by atomic mass is 32.1. The van der Waals surface area contributed by atoms with E-state index in [2.05, 4.69) is 35.3 Å². The quantitative estimate of drug-likeness (QED) is 0.744. The summed E-state index contributed by atoms with van der Waals surface area (Å²) in [5, 5.41) is 3.97. The summed E-state index contributed by atoms with van der Waals surface area (Å²) in [6.07, 6.45) is 0.184. The van der Waals surface area contributed by atoms with Crippen LogP contribution in [0.25, 0.3) is 20.8 Å². The van der Waals surface area contributed by atoms with E-state index in [0.29, 0.717) is 13.2 Å². The summed E-state index contributed by atoms with van der Waals surface area (Å²) in [6.45, 7) is 6.80. The predicted octanol–water partition coefficient (Wildman–Crippen LogP) is 3.93. The van der Waals surface area contributed by atoms with Gasteiger partial charge in [0, 0.05) is 24.3 Å². The molecular formula is C21H23N3O2S. The summed E-state index contributed by atoms with van der Waals surface area (Å²) in [5.41, 5.74) is 4.14. The summed E-state index contributed by atoms with van der Waals surface area (Å²) in [7, 11) is 0. The molecule has 0 saturated carbocycles. The fraction of sp³-hybridized carbons (Fsp3) is 0.333. The van der Waals surface area contributed by atoms with E-state index in [9.17, 15) is 4.79 Å². The first-order valence-electron chi connectivity index (χ1n) is 9.18. The molecule has 2 heterocycles. The van der Waals surface area contributed by atoms with E-state index >= 15 is 0 Å². The van der Waals surface area contributed by atoms with Crippen molar-refractivity contribution in [3.05, 3.63) is 48.0 Å². The highest BCUT2D eigenvalue weighted by molar-refractivity contribution is 7.21. The van der Waals surface area contributed by atoms with Crippen molar-refractivity contribution < 1.29 is 9.53 Å². The number of anilines is 1. The number of rotatable bonds is 4. The van der Waals surface area contributed by atoms with Crippen molar-refractivity contribution in [2.75, 3.05) is 31.6 Å². The Morgan fingerprint density at radius 3 is 2.89 bits per heavy atom. The van der Waals surface area contributed by atoms with Crippen molar-refractivity contribution >= 4 is 33.1 Å². The Labute approximate surface area is 163 Å². The summed E-state index contributed by atoms with van der Waals surface area (Å²) < 4.78 is 6.71. The Morgan fingerprint density at radius 2 is 2.11 bits per heavy atom. The lowest BCUT2D eigenvalue weighted by Crippen LogP contribution is -2.44. The third-order valence-electron chi connectivity index (χ3n) is 4.65. The number of benzene rings is 2. The number of morpholine rings is 1. The molecule has 0 spiro atoms. The van der Waals surface area contributed by atoms with Crippen LogP contribution in [0.1, 0.15) is 12.5 Å². The van der Waals surface area contributed by atoms with Crippen molar-refractivity contribution in [1.82, 2.24) is 9.88 Å². The zero-order chi connectivity index (χ0) is 18.8. The van der Waals surface area contributed by atoms with Crippen LogP contribution in [-0.4, -0.2) is 48.1 Å². The van der Waals surface area contributed by atoms with Crippen LogP contribution >= 0.6 is 11.3 Å². The van der Waals surface area contributed by atoms with E-state index in [1.165, 1.54) is 10.3 Å². The second-order valence-electron chi connectivity index (χ2n) is 7.03. The zero-order valence-corrected chi connectivity index (χ0v) is 16.4. The molecule has 1 saturated heterocycles. The Hall–Kier alpha value is -2.28. The number of carbonyl (C=O) groups excluding carboxylic acids is 1. The van der Waals surface area contributed by atoms with Crippen molar-refractivity contribution in [2.24, 2.45) is 0 Å². The minimum absolute atomic E-state index is 0.00677. The predicted molar refractivity (Wildman–Crippen MR) is 110 cm³/mol. The molecule has 1 unspecified atom stereocenters. The molecule has 1 aliphatic heterocycles. The number of nitrogens with zero attached hydrogens (tertiary/aromatic N) is 2. The van der Waals surface area contributed by atoms with Crippen LogP contribution < -0.4 is 5.32 Å². The van der Waals surface area contributed by atoms with Crippen molar-refractivity contribution in [3.63, 3.8) is 0 Å². The molecule has 1 amide bonds. The maximum absolute atomic E-state index is 12.3. The van der Waals surface area contributed by atoms with Gasteiger partial charge in [0.1, 0.15) is 5.01 Å². The molecule has 2 aromatic carbocycles. The molecule has 3 aromatic rings. The molecule has 1 fully saturated rings. The Kier molecular flexibility index (Phi) is 5.20. The Bertz CT molecular complexity index is 952. The lowest BCUT2D eigenvalue weighted by atomic mass is 10.2. The molecule has 1 N–H and O–H groups in total. The minimum Gasteiger partial charge on any atom is -0.376 e. The van der Waals surface area contributed by atoms with Crippen LogP contribution in [0.2, 0.25) is 0 Å². The number of hydrogen-bond acceptors (Lipinski definition) is 5. The lowest BCUT2D eigenvalue weighted by molar-refractivity contribution is -0.119. The van der Waals surface area contributed by atoms with E-state index in [-0.39, 0.29) is 12.0 Å². The first-order valence-corrected chi connectivity index (χ1v) is 10.00. The van der Waals surface area contributed by atoms with Crippen LogP contribution in [0.5, 0.6) is 0 Å². The van der Waals surface area contributed by atoms with Gasteiger partial charge in [-0.15, -0.1) is 11.3 Å². The van der Waals surface area contributed by atoms with Gasteiger partial charge in [-0.2, -0.15) is 0 Å². The number of hydrogen-bond donors (Lipinski definition) is 1. The molecule has 5 nitrogen and oxygen atoms in total. The maximum atomic E-state index is 12.3. The zero-order valence-electron chi connectivity index (χ0n) is 15.6. The smallest absolute Gasteiger partial charge is 0.238 e. The first kappa shape index (κ1) is 18.1. The number of nitrogens with one attached hydrogen (secondary N) is 1. The number of fused-ring (bicyclic) bond motifs is 1. The van der Waals surface area contributed by atoms with Gasteiger partial charge >= 0.3 is 0 Å². The second kappa shape index (κ2) is 7.76. The highest BCUT2D eigenvalue weighted by Crippen LogP contribution is 2.31. The molecule has 0 aliphatic carbocycles. The number of thiazole rings is 1. The van der Waals surface area contributed by atoms with Gasteiger partial charge in [-0.25, -0.2) is 4.98 Å². The molecule has 0 radical (unpaired) electrons. The molecule has 27 heavy (non-hydrogen) atoms. The largest absolute Gasteiger partial charge is 0.376 e. The SMILES string of the molecule is Cc1ccc2nc(-c3ccc(NC(=O)CN4CCOC(C)C4)cc3)sc2c1. The summed E-state index contributed by atoms with van der Waals surface area (Å²) >= 11 is 1.69. The van der Waals surface area contributed by atoms with Gasteiger partial charge in [0.2, 0.25) is 5.91 Å². The van der Waals surface area contributed by atoms with Gasteiger partial charge in [-0.1, -0.05) is 6.07 Å². The van der Waals surface area contributed by atoms with Gasteiger partial charge in [0.25, 0.3) is 0 Å². The molecule has 0 bridgehead atoms. The second-order valence-corrected chi connectivity index (χ2v) is 8.06. The lowest BCUT2D eigenvalue weighted by Gasteiger charge is -2.30. The number of aromatic nitrogens is 1. The van der Waals surface area contributed by atoms with Gasteiger partial charge < -0.3 is 10.1 Å². The molecule has 6 heteroatoms. The molecular weight excluding hydrogens is 358 g/mol. The van der Waals surface area contributed by atoms with E-state index < -0.39 is 0 Å². The van der Waals surface area contributed by atoms with Gasteiger partial charge in [-0.05, 0) is 55.8 Å². The summed E-state index contributed by atoms with van der Waals surface area (Å²) in [5.74, 6) is 0.00677. The number of ether oxygens (including phenoxy) is 1. The minimum atomic E-state index is 0.00677. The maximum Gasteiger partial charge on any atom is 0.238 e. The van der Waals surface area contributed by atoms with Crippen LogP contribution in [-0.2, 0) is 9.53 Å². The van der Waals surface area contributed by atoms with E-state index in [1.807, 2.05) is 31.2 Å². The van der Waals surface area contributed by atoms with E-state index in [1.54, 1.807) is 11.3 Å². The van der Waals surface area contributed by atoms with Crippen LogP contribution in [0.3, 0.4) is 0 Å². The highest BCUT2D eigenvalue weighted by Gasteiger charge is 2.19. The van der Waals surface area contributed by atoms with Gasteiger partial charge in [-0.3, -0.25) is 9.69 Å². The topological polar surface area (TPSA) is 54.5 Å². The monoisotopic (exact) mass is 381 g/mol. The summed E-state index contributed by atoms with van der Waals surface area (Å²) in [4.78, 5) is 19.1. The van der Waals surface area contributed by atoms with Gasteiger partial charge in [0.15, 0.2) is 0 Å². The summed E-state index contributed by atoms with van der Waals surface area (Å²) in [6, 6.07) is 14.2. The van der Waals surface area contributed by atoms with Crippen molar-refractivity contribution in [2.45, 2.75) is 20.0 Å². The third-order valence-corrected chi connectivity index (χ3v) is 5.72. The van der Waals surface area contributed by atoms with E-state index in [0.717, 1.165) is 34.9 Å².